The van der Waals surface area contributed by atoms with Gasteiger partial charge in [0.25, 0.3) is 11.8 Å². The highest BCUT2D eigenvalue weighted by atomic mass is 35.5. The number of nitrogens with zero attached hydrogens (tertiary/aromatic N) is 1. The van der Waals surface area contributed by atoms with E-state index in [-0.39, 0.29) is 26.8 Å². The maximum Gasteiger partial charge on any atom is 0.270 e. The normalized spacial score (nSPS) is 16.2. The minimum absolute atomic E-state index is 0.0662. The molecule has 168 valence electrons. The summed E-state index contributed by atoms with van der Waals surface area (Å²) in [5.41, 5.74) is 0.704. The van der Waals surface area contributed by atoms with Crippen molar-refractivity contribution in [2.24, 2.45) is 0 Å². The Labute approximate surface area is 206 Å². The number of ether oxygens (including phenoxy) is 2. The van der Waals surface area contributed by atoms with E-state index < -0.39 is 11.8 Å². The van der Waals surface area contributed by atoms with Crippen molar-refractivity contribution in [2.45, 2.75) is 26.4 Å². The Hall–Kier alpha value is -2.32. The molecule has 1 fully saturated rings. The van der Waals surface area contributed by atoms with Crippen LogP contribution in [0.15, 0.2) is 35.9 Å². The number of nitrogens with one attached hydrogen (secondary N) is 1. The third-order valence-electron chi connectivity index (χ3n) is 4.72. The van der Waals surface area contributed by atoms with Crippen LogP contribution in [0.2, 0.25) is 15.1 Å². The maximum atomic E-state index is 13.2. The molecule has 10 heteroatoms. The second-order valence-electron chi connectivity index (χ2n) is 6.93. The van der Waals surface area contributed by atoms with Gasteiger partial charge in [-0.25, -0.2) is 0 Å². The molecule has 1 atom stereocenters. The van der Waals surface area contributed by atoms with Crippen molar-refractivity contribution in [3.8, 4) is 11.5 Å². The summed E-state index contributed by atoms with van der Waals surface area (Å²) in [6, 6.07) is 7.83. The third-order valence-corrected chi connectivity index (χ3v) is 6.02. The number of rotatable bonds is 6. The number of amides is 2. The van der Waals surface area contributed by atoms with Gasteiger partial charge in [-0.15, -0.1) is 0 Å². The van der Waals surface area contributed by atoms with Gasteiger partial charge in [0.15, 0.2) is 16.6 Å². The standard InChI is InChI=1S/C22H19Cl3N2O4S/c1-4-11(2)31-19-17(25)8-12(9-18(19)30-3)7-14-20(28)26-22(32)27(21(14)29)13-5-6-15(23)16(24)10-13/h5-11H,4H2,1-3H3,(H,26,28,32)/b14-7+/t11-/m0/s1. The average molecular weight is 514 g/mol. The van der Waals surface area contributed by atoms with E-state index in [0.29, 0.717) is 27.8 Å². The fourth-order valence-corrected chi connectivity index (χ4v) is 3.74. The number of hydrogen-bond acceptors (Lipinski definition) is 5. The van der Waals surface area contributed by atoms with Crippen molar-refractivity contribution in [2.75, 3.05) is 12.0 Å². The van der Waals surface area contributed by atoms with Crippen LogP contribution in [0, 0.1) is 0 Å². The van der Waals surface area contributed by atoms with E-state index in [1.54, 1.807) is 18.2 Å². The van der Waals surface area contributed by atoms with Crippen LogP contribution in [0.3, 0.4) is 0 Å². The lowest BCUT2D eigenvalue weighted by atomic mass is 10.1. The smallest absolute Gasteiger partial charge is 0.270 e. The van der Waals surface area contributed by atoms with Gasteiger partial charge in [-0.1, -0.05) is 41.7 Å². The van der Waals surface area contributed by atoms with Gasteiger partial charge in [-0.2, -0.15) is 0 Å². The second-order valence-corrected chi connectivity index (χ2v) is 8.54. The monoisotopic (exact) mass is 512 g/mol. The van der Waals surface area contributed by atoms with E-state index in [9.17, 15) is 9.59 Å². The van der Waals surface area contributed by atoms with Crippen LogP contribution in [0.5, 0.6) is 11.5 Å². The van der Waals surface area contributed by atoms with Crippen molar-refractivity contribution in [1.29, 1.82) is 0 Å². The van der Waals surface area contributed by atoms with Crippen LogP contribution in [0.4, 0.5) is 5.69 Å². The fourth-order valence-electron chi connectivity index (χ4n) is 2.90. The molecule has 32 heavy (non-hydrogen) atoms. The summed E-state index contributed by atoms with van der Waals surface area (Å²) < 4.78 is 11.2. The lowest BCUT2D eigenvalue weighted by Gasteiger charge is -2.29. The topological polar surface area (TPSA) is 67.9 Å². The molecule has 3 rings (SSSR count). The molecule has 0 aromatic heterocycles. The maximum absolute atomic E-state index is 13.2. The van der Waals surface area contributed by atoms with Crippen LogP contribution in [-0.4, -0.2) is 30.1 Å². The van der Waals surface area contributed by atoms with E-state index >= 15 is 0 Å². The third kappa shape index (κ3) is 5.02. The first-order valence-electron chi connectivity index (χ1n) is 9.57. The molecule has 1 saturated heterocycles. The van der Waals surface area contributed by atoms with Gasteiger partial charge in [-0.05, 0) is 67.5 Å². The molecule has 6 nitrogen and oxygen atoms in total. The number of halogens is 3. The number of methoxy groups -OCH3 is 1. The van der Waals surface area contributed by atoms with E-state index in [1.165, 1.54) is 30.2 Å². The Morgan fingerprint density at radius 2 is 1.84 bits per heavy atom. The Kier molecular flexibility index (Phi) is 7.67. The molecule has 1 N–H and O–H groups in total. The van der Waals surface area contributed by atoms with Gasteiger partial charge >= 0.3 is 0 Å². The van der Waals surface area contributed by atoms with E-state index in [0.717, 1.165) is 6.42 Å². The van der Waals surface area contributed by atoms with Gasteiger partial charge in [0.05, 0.1) is 34.0 Å². The number of carbonyl (C=O) groups excluding carboxylic acids is 2. The van der Waals surface area contributed by atoms with Crippen molar-refractivity contribution >= 4 is 75.7 Å². The van der Waals surface area contributed by atoms with Gasteiger partial charge in [0.2, 0.25) is 0 Å². The van der Waals surface area contributed by atoms with Gasteiger partial charge < -0.3 is 9.47 Å². The first-order chi connectivity index (χ1) is 15.2. The lowest BCUT2D eigenvalue weighted by molar-refractivity contribution is -0.122. The van der Waals surface area contributed by atoms with Crippen molar-refractivity contribution in [1.82, 2.24) is 5.32 Å². The highest BCUT2D eigenvalue weighted by Gasteiger charge is 2.34. The average Bonchev–Trinajstić information content (AvgIpc) is 2.74. The minimum atomic E-state index is -0.633. The van der Waals surface area contributed by atoms with Gasteiger partial charge in [0, 0.05) is 0 Å². The van der Waals surface area contributed by atoms with Gasteiger partial charge in [0.1, 0.15) is 5.57 Å². The summed E-state index contributed by atoms with van der Waals surface area (Å²) >= 11 is 23.6. The summed E-state index contributed by atoms with van der Waals surface area (Å²) in [4.78, 5) is 26.9. The zero-order valence-corrected chi connectivity index (χ0v) is 20.5. The summed E-state index contributed by atoms with van der Waals surface area (Å²) in [6.45, 7) is 3.90. The molecule has 0 spiro atoms. The number of hydrogen-bond donors (Lipinski definition) is 1. The van der Waals surface area contributed by atoms with Crippen molar-refractivity contribution < 1.29 is 19.1 Å². The highest BCUT2D eigenvalue weighted by Crippen LogP contribution is 2.38. The van der Waals surface area contributed by atoms with E-state index in [2.05, 4.69) is 5.32 Å². The fraction of sp³-hybridized carbons (Fsp3) is 0.227. The van der Waals surface area contributed by atoms with Crippen LogP contribution in [0.25, 0.3) is 6.08 Å². The Morgan fingerprint density at radius 3 is 2.47 bits per heavy atom. The lowest BCUT2D eigenvalue weighted by Crippen LogP contribution is -2.54. The zero-order chi connectivity index (χ0) is 23.6. The number of thiocarbonyl (C=S) groups is 1. The van der Waals surface area contributed by atoms with E-state index in [1.807, 2.05) is 13.8 Å². The highest BCUT2D eigenvalue weighted by molar-refractivity contribution is 7.80. The Bertz CT molecular complexity index is 1140. The number of anilines is 1. The van der Waals surface area contributed by atoms with Crippen LogP contribution >= 0.6 is 47.0 Å². The zero-order valence-electron chi connectivity index (χ0n) is 17.4. The molecule has 0 saturated carbocycles. The van der Waals surface area contributed by atoms with Crippen molar-refractivity contribution in [3.63, 3.8) is 0 Å². The summed E-state index contributed by atoms with van der Waals surface area (Å²) in [5.74, 6) is -0.479. The SMILES string of the molecule is CC[C@H](C)Oc1c(Cl)cc(/C=C2\C(=O)NC(=S)N(c3ccc(Cl)c(Cl)c3)C2=O)cc1OC. The summed E-state index contributed by atoms with van der Waals surface area (Å²) in [5, 5.41) is 3.31. The molecule has 2 aromatic rings. The van der Waals surface area contributed by atoms with Crippen LogP contribution in [0.1, 0.15) is 25.8 Å². The number of carbonyl (C=O) groups is 2. The van der Waals surface area contributed by atoms with Crippen LogP contribution in [-0.2, 0) is 9.59 Å². The predicted octanol–water partition coefficient (Wildman–Crippen LogP) is 5.66. The molecular formula is C22H19Cl3N2O4S. The predicted molar refractivity (Wildman–Crippen MR) is 131 cm³/mol. The summed E-state index contributed by atoms with van der Waals surface area (Å²) in [6.07, 6.45) is 2.12. The minimum Gasteiger partial charge on any atom is -0.493 e. The Morgan fingerprint density at radius 1 is 1.12 bits per heavy atom. The first-order valence-corrected chi connectivity index (χ1v) is 11.1. The molecule has 1 aliphatic rings. The first kappa shape index (κ1) is 24.3. The Balaban J connectivity index is 2.02. The molecule has 1 aliphatic heterocycles. The van der Waals surface area contributed by atoms with E-state index in [4.69, 9.17) is 56.5 Å². The van der Waals surface area contributed by atoms with Crippen LogP contribution < -0.4 is 19.7 Å². The molecule has 0 unspecified atom stereocenters. The second kappa shape index (κ2) is 10.1. The molecule has 0 bridgehead atoms. The number of benzene rings is 2. The van der Waals surface area contributed by atoms with Gasteiger partial charge in [-0.3, -0.25) is 19.8 Å². The quantitative estimate of drug-likeness (QED) is 0.306. The molecule has 2 amide bonds. The van der Waals surface area contributed by atoms with Crippen molar-refractivity contribution in [3.05, 3.63) is 56.5 Å². The molecule has 0 radical (unpaired) electrons. The largest absolute Gasteiger partial charge is 0.493 e. The molecule has 2 aromatic carbocycles. The summed E-state index contributed by atoms with van der Waals surface area (Å²) in [7, 11) is 1.48. The molecule has 1 heterocycles. The molecular weight excluding hydrogens is 495 g/mol. The molecule has 0 aliphatic carbocycles.